The van der Waals surface area contributed by atoms with E-state index in [1.807, 2.05) is 30.3 Å². The molecule has 0 bridgehead atoms. The Hall–Kier alpha value is -1.88. The van der Waals surface area contributed by atoms with Crippen molar-refractivity contribution in [3.63, 3.8) is 0 Å². The number of carboxylic acid groups (broad SMARTS) is 1. The lowest BCUT2D eigenvalue weighted by Gasteiger charge is -2.14. The molecule has 18 heavy (non-hydrogen) atoms. The molecule has 0 saturated carbocycles. The predicted octanol–water partition coefficient (Wildman–Crippen LogP) is 0.408. The van der Waals surface area contributed by atoms with Crippen molar-refractivity contribution in [3.8, 4) is 0 Å². The van der Waals surface area contributed by atoms with Crippen LogP contribution in [0.4, 0.5) is 0 Å². The number of rotatable bonds is 7. The van der Waals surface area contributed by atoms with Crippen molar-refractivity contribution in [2.24, 2.45) is 0 Å². The fourth-order valence-corrected chi connectivity index (χ4v) is 1.62. The summed E-state index contributed by atoms with van der Waals surface area (Å²) in [6.07, 6.45) is 1.01. The van der Waals surface area contributed by atoms with Crippen LogP contribution >= 0.6 is 0 Å². The lowest BCUT2D eigenvalue weighted by molar-refractivity contribution is -0.141. The molecule has 0 saturated heterocycles. The van der Waals surface area contributed by atoms with E-state index in [1.54, 1.807) is 7.05 Å². The van der Waals surface area contributed by atoms with E-state index >= 15 is 0 Å². The number of nitrogens with one attached hydrogen (secondary N) is 2. The van der Waals surface area contributed by atoms with Gasteiger partial charge in [0.15, 0.2) is 0 Å². The first-order valence-corrected chi connectivity index (χ1v) is 5.84. The molecule has 0 heterocycles. The molecule has 5 nitrogen and oxygen atoms in total. The zero-order valence-corrected chi connectivity index (χ0v) is 10.3. The van der Waals surface area contributed by atoms with E-state index in [-0.39, 0.29) is 12.5 Å². The summed E-state index contributed by atoms with van der Waals surface area (Å²) < 4.78 is 0. The van der Waals surface area contributed by atoms with Crippen molar-refractivity contribution in [2.75, 3.05) is 13.6 Å². The van der Waals surface area contributed by atoms with Crippen LogP contribution in [-0.2, 0) is 16.0 Å². The highest BCUT2D eigenvalue weighted by atomic mass is 16.4. The van der Waals surface area contributed by atoms with Crippen molar-refractivity contribution in [2.45, 2.75) is 18.9 Å². The van der Waals surface area contributed by atoms with Gasteiger partial charge in [0.25, 0.3) is 0 Å². The monoisotopic (exact) mass is 250 g/mol. The van der Waals surface area contributed by atoms with Gasteiger partial charge in [0.2, 0.25) is 5.91 Å². The van der Waals surface area contributed by atoms with E-state index in [1.165, 1.54) is 0 Å². The summed E-state index contributed by atoms with van der Waals surface area (Å²) in [5, 5.41) is 14.2. The standard InChI is InChI=1S/C13H18N2O3/c1-14-9-12(16)15-11(13(17)18)8-7-10-5-3-2-4-6-10/h2-6,11,14H,7-9H2,1H3,(H,15,16)(H,17,18)/t11-/m0/s1. The van der Waals surface area contributed by atoms with E-state index in [2.05, 4.69) is 10.6 Å². The summed E-state index contributed by atoms with van der Waals surface area (Å²) in [4.78, 5) is 22.4. The highest BCUT2D eigenvalue weighted by Gasteiger charge is 2.19. The quantitative estimate of drug-likeness (QED) is 0.655. The van der Waals surface area contributed by atoms with Crippen molar-refractivity contribution in [1.29, 1.82) is 0 Å². The van der Waals surface area contributed by atoms with Crippen LogP contribution < -0.4 is 10.6 Å². The molecule has 0 fully saturated rings. The second kappa shape index (κ2) is 7.45. The highest BCUT2D eigenvalue weighted by molar-refractivity contribution is 5.84. The molecule has 1 amide bonds. The first-order valence-electron chi connectivity index (χ1n) is 5.84. The molecule has 0 aliphatic heterocycles. The summed E-state index contributed by atoms with van der Waals surface area (Å²) in [6, 6.07) is 8.76. The van der Waals surface area contributed by atoms with Gasteiger partial charge in [0.05, 0.1) is 6.54 Å². The maximum Gasteiger partial charge on any atom is 0.326 e. The Balaban J connectivity index is 2.48. The third-order valence-corrected chi connectivity index (χ3v) is 2.54. The molecule has 0 aromatic heterocycles. The number of likely N-dealkylation sites (N-methyl/N-ethyl adjacent to an activating group) is 1. The lowest BCUT2D eigenvalue weighted by Crippen LogP contribution is -2.44. The molecular formula is C13H18N2O3. The maximum atomic E-state index is 11.3. The topological polar surface area (TPSA) is 78.4 Å². The smallest absolute Gasteiger partial charge is 0.326 e. The number of aryl methyl sites for hydroxylation is 1. The van der Waals surface area contributed by atoms with Crippen LogP contribution in [0, 0.1) is 0 Å². The van der Waals surface area contributed by atoms with Gasteiger partial charge in [-0.15, -0.1) is 0 Å². The zero-order chi connectivity index (χ0) is 13.4. The van der Waals surface area contributed by atoms with Gasteiger partial charge in [0, 0.05) is 0 Å². The summed E-state index contributed by atoms with van der Waals surface area (Å²) in [6.45, 7) is 0.120. The zero-order valence-electron chi connectivity index (χ0n) is 10.3. The number of hydrogen-bond donors (Lipinski definition) is 3. The molecule has 0 spiro atoms. The Morgan fingerprint density at radius 2 is 1.94 bits per heavy atom. The Bertz CT molecular complexity index is 392. The Kier molecular flexibility index (Phi) is 5.87. The van der Waals surface area contributed by atoms with E-state index in [9.17, 15) is 9.59 Å². The Labute approximate surface area is 106 Å². The van der Waals surface area contributed by atoms with E-state index < -0.39 is 12.0 Å². The number of carboxylic acids is 1. The predicted molar refractivity (Wildman–Crippen MR) is 68.3 cm³/mol. The van der Waals surface area contributed by atoms with Gasteiger partial charge < -0.3 is 15.7 Å². The first-order chi connectivity index (χ1) is 8.63. The number of hydrogen-bond acceptors (Lipinski definition) is 3. The molecule has 0 radical (unpaired) electrons. The summed E-state index contributed by atoms with van der Waals surface area (Å²) in [5.41, 5.74) is 1.06. The van der Waals surface area contributed by atoms with Gasteiger partial charge in [-0.2, -0.15) is 0 Å². The Morgan fingerprint density at radius 3 is 2.50 bits per heavy atom. The molecular weight excluding hydrogens is 232 g/mol. The van der Waals surface area contributed by atoms with Crippen LogP contribution in [0.2, 0.25) is 0 Å². The van der Waals surface area contributed by atoms with Crippen LogP contribution in [0.1, 0.15) is 12.0 Å². The van der Waals surface area contributed by atoms with Crippen molar-refractivity contribution >= 4 is 11.9 Å². The van der Waals surface area contributed by atoms with Crippen LogP contribution in [-0.4, -0.2) is 36.6 Å². The normalized spacial score (nSPS) is 11.8. The number of benzene rings is 1. The van der Waals surface area contributed by atoms with Crippen LogP contribution in [0.3, 0.4) is 0 Å². The molecule has 1 atom stereocenters. The van der Waals surface area contributed by atoms with Gasteiger partial charge >= 0.3 is 5.97 Å². The minimum absolute atomic E-state index is 0.120. The fourth-order valence-electron chi connectivity index (χ4n) is 1.62. The minimum Gasteiger partial charge on any atom is -0.480 e. The highest BCUT2D eigenvalue weighted by Crippen LogP contribution is 2.05. The third kappa shape index (κ3) is 4.97. The van der Waals surface area contributed by atoms with Crippen LogP contribution in [0.5, 0.6) is 0 Å². The molecule has 1 aromatic carbocycles. The number of carbonyl (C=O) groups excluding carboxylic acids is 1. The lowest BCUT2D eigenvalue weighted by atomic mass is 10.1. The molecule has 0 aliphatic carbocycles. The average Bonchev–Trinajstić information content (AvgIpc) is 2.35. The molecule has 0 unspecified atom stereocenters. The van der Waals surface area contributed by atoms with Crippen molar-refractivity contribution in [1.82, 2.24) is 10.6 Å². The molecule has 3 N–H and O–H groups in total. The molecule has 98 valence electrons. The SMILES string of the molecule is CNCC(=O)N[C@@H](CCc1ccccc1)C(=O)O. The minimum atomic E-state index is -1.00. The average molecular weight is 250 g/mol. The second-order valence-electron chi connectivity index (χ2n) is 4.01. The summed E-state index contributed by atoms with van der Waals surface area (Å²) >= 11 is 0. The largest absolute Gasteiger partial charge is 0.480 e. The fraction of sp³-hybridized carbons (Fsp3) is 0.385. The third-order valence-electron chi connectivity index (χ3n) is 2.54. The van der Waals surface area contributed by atoms with Gasteiger partial charge in [-0.3, -0.25) is 4.79 Å². The van der Waals surface area contributed by atoms with Gasteiger partial charge in [-0.05, 0) is 25.5 Å². The second-order valence-corrected chi connectivity index (χ2v) is 4.01. The maximum absolute atomic E-state index is 11.3. The van der Waals surface area contributed by atoms with Gasteiger partial charge in [-0.1, -0.05) is 30.3 Å². The number of aliphatic carboxylic acids is 1. The van der Waals surface area contributed by atoms with Crippen molar-refractivity contribution < 1.29 is 14.7 Å². The van der Waals surface area contributed by atoms with Gasteiger partial charge in [-0.25, -0.2) is 4.79 Å². The Morgan fingerprint density at radius 1 is 1.28 bits per heavy atom. The van der Waals surface area contributed by atoms with E-state index in [0.717, 1.165) is 5.56 Å². The van der Waals surface area contributed by atoms with Crippen LogP contribution in [0.25, 0.3) is 0 Å². The molecule has 0 aliphatic rings. The molecule has 1 aromatic rings. The molecule has 1 rings (SSSR count). The van der Waals surface area contributed by atoms with Crippen molar-refractivity contribution in [3.05, 3.63) is 35.9 Å². The number of amides is 1. The van der Waals surface area contributed by atoms with Gasteiger partial charge in [0.1, 0.15) is 6.04 Å². The summed E-state index contributed by atoms with van der Waals surface area (Å²) in [5.74, 6) is -1.31. The first kappa shape index (κ1) is 14.2. The van der Waals surface area contributed by atoms with E-state index in [0.29, 0.717) is 12.8 Å². The molecule has 5 heteroatoms. The van der Waals surface area contributed by atoms with E-state index in [4.69, 9.17) is 5.11 Å². The number of carbonyl (C=O) groups is 2. The summed E-state index contributed by atoms with van der Waals surface area (Å²) in [7, 11) is 1.64. The van der Waals surface area contributed by atoms with Crippen LogP contribution in [0.15, 0.2) is 30.3 Å².